The van der Waals surface area contributed by atoms with Gasteiger partial charge in [-0.15, -0.1) is 0 Å². The third-order valence-corrected chi connectivity index (χ3v) is 14.2. The number of anilines is 1. The quantitative estimate of drug-likeness (QED) is 0.220. The predicted molar refractivity (Wildman–Crippen MR) is 161 cm³/mol. The van der Waals surface area contributed by atoms with Crippen molar-refractivity contribution in [1.29, 1.82) is 0 Å². The molecule has 6 rings (SSSR count). The normalized spacial score (nSPS) is 45.1. The summed E-state index contributed by atoms with van der Waals surface area (Å²) in [5, 5.41) is 0. The van der Waals surface area contributed by atoms with Gasteiger partial charge in [0.1, 0.15) is 5.94 Å². The molecule has 40 heavy (non-hydrogen) atoms. The van der Waals surface area contributed by atoms with Crippen molar-refractivity contribution in [3.05, 3.63) is 42.0 Å². The zero-order valence-electron chi connectivity index (χ0n) is 25.6. The minimum absolute atomic E-state index is 0.0238. The number of carbonyl (C=O) groups excluding carboxylic acids is 1. The van der Waals surface area contributed by atoms with Gasteiger partial charge in [0.2, 0.25) is 11.6 Å². The van der Waals surface area contributed by atoms with Crippen LogP contribution < -0.4 is 4.90 Å². The standard InChI is InChI=1S/C35H48N4O/c1-23(2)25-11-14-35(18-20-40)16-15-33(6)26(29(25)35)9-10-28-32(5)17-19-39(30-37-21-24(36-8)22-38-30)31(3,4)27(32)12-13-34(28,33)7/h18,21-22,25-29H,1,9-17,19H2,2-7H3/t25-,26+,27-,28+,29+,32-,33+,34+,35+/m0/s1. The van der Waals surface area contributed by atoms with Crippen LogP contribution in [0.5, 0.6) is 0 Å². The molecule has 5 nitrogen and oxygen atoms in total. The zero-order valence-corrected chi connectivity index (χ0v) is 25.6. The van der Waals surface area contributed by atoms with Crippen LogP contribution in [0.1, 0.15) is 99.3 Å². The van der Waals surface area contributed by atoms with E-state index in [0.717, 1.165) is 31.8 Å². The summed E-state index contributed by atoms with van der Waals surface area (Å²) < 4.78 is 0. The largest absolute Gasteiger partial charge is 0.335 e. The molecule has 214 valence electrons. The van der Waals surface area contributed by atoms with Crippen LogP contribution >= 0.6 is 0 Å². The van der Waals surface area contributed by atoms with E-state index in [1.807, 2.05) is 6.08 Å². The average Bonchev–Trinajstić information content (AvgIpc) is 3.29. The lowest BCUT2D eigenvalue weighted by molar-refractivity contribution is -0.223. The third-order valence-electron chi connectivity index (χ3n) is 14.2. The maximum absolute atomic E-state index is 11.8. The fraction of sp³-hybridized carbons (Fsp3) is 0.743. The summed E-state index contributed by atoms with van der Waals surface area (Å²) in [5.41, 5.74) is 2.60. The molecule has 0 unspecified atom stereocenters. The van der Waals surface area contributed by atoms with Gasteiger partial charge < -0.3 is 4.90 Å². The maximum atomic E-state index is 11.8. The fourth-order valence-corrected chi connectivity index (χ4v) is 12.1. The second kappa shape index (κ2) is 9.03. The molecule has 5 fully saturated rings. The number of rotatable bonds is 3. The Morgan fingerprint density at radius 3 is 2.38 bits per heavy atom. The van der Waals surface area contributed by atoms with Crippen LogP contribution in [0.15, 0.2) is 30.6 Å². The lowest BCUT2D eigenvalue weighted by Crippen LogP contribution is -2.69. The average molecular weight is 541 g/mol. The number of allylic oxidation sites excluding steroid dienone is 2. The summed E-state index contributed by atoms with van der Waals surface area (Å²) in [6.07, 6.45) is 16.2. The first-order valence-corrected chi connectivity index (χ1v) is 15.7. The van der Waals surface area contributed by atoms with E-state index in [9.17, 15) is 4.79 Å². The van der Waals surface area contributed by atoms with Crippen LogP contribution in [0, 0.1) is 57.8 Å². The number of aromatic nitrogens is 2. The Labute approximate surface area is 241 Å². The smallest absolute Gasteiger partial charge is 0.223 e. The van der Waals surface area contributed by atoms with Crippen LogP contribution in [-0.2, 0) is 4.79 Å². The van der Waals surface area contributed by atoms with Crippen molar-refractivity contribution in [2.24, 2.45) is 51.2 Å². The van der Waals surface area contributed by atoms with E-state index < -0.39 is 0 Å². The predicted octanol–water partition coefficient (Wildman–Crippen LogP) is 8.24. The van der Waals surface area contributed by atoms with Crippen molar-refractivity contribution < 1.29 is 4.79 Å². The highest BCUT2D eigenvalue weighted by atomic mass is 16.1. The lowest BCUT2D eigenvalue weighted by Gasteiger charge is -2.73. The molecule has 0 spiro atoms. The van der Waals surface area contributed by atoms with Gasteiger partial charge in [-0.25, -0.2) is 19.6 Å². The first kappa shape index (κ1) is 27.7. The summed E-state index contributed by atoms with van der Waals surface area (Å²) in [7, 11) is 0. The molecule has 2 heterocycles. The Balaban J connectivity index is 1.35. The maximum Gasteiger partial charge on any atom is 0.223 e. The lowest BCUT2D eigenvalue weighted by atomic mass is 9.33. The minimum Gasteiger partial charge on any atom is -0.335 e. The van der Waals surface area contributed by atoms with Gasteiger partial charge in [-0.3, -0.25) is 0 Å². The summed E-state index contributed by atoms with van der Waals surface area (Å²) in [5.74, 6) is 5.98. The summed E-state index contributed by atoms with van der Waals surface area (Å²) in [6, 6.07) is 0. The monoisotopic (exact) mass is 540 g/mol. The van der Waals surface area contributed by atoms with E-state index in [-0.39, 0.29) is 27.2 Å². The zero-order chi connectivity index (χ0) is 28.7. The van der Waals surface area contributed by atoms with Gasteiger partial charge in [-0.05, 0) is 124 Å². The Kier molecular flexibility index (Phi) is 6.26. The SMILES string of the molecule is [C-]#[N+]c1cnc(N2CC[C@]3(C)[C@H]4CC[C@@H]5[C@H]6[C@H](C(=C)C)CC[C@]6(C=C=O)CC[C@@]5(C)[C@]4(C)CC[C@H]3C2(C)C)nc1. The summed E-state index contributed by atoms with van der Waals surface area (Å²) in [4.78, 5) is 27.0. The van der Waals surface area contributed by atoms with E-state index >= 15 is 0 Å². The van der Waals surface area contributed by atoms with Gasteiger partial charge in [-0.2, -0.15) is 0 Å². The Hall–Kier alpha value is -2.44. The van der Waals surface area contributed by atoms with Crippen molar-refractivity contribution in [3.63, 3.8) is 0 Å². The first-order chi connectivity index (χ1) is 18.9. The number of fused-ring (bicyclic) bond motifs is 7. The Morgan fingerprint density at radius 1 is 1.00 bits per heavy atom. The van der Waals surface area contributed by atoms with Gasteiger partial charge in [-0.1, -0.05) is 32.9 Å². The number of hydrogen-bond acceptors (Lipinski definition) is 4. The second-order valence-corrected chi connectivity index (χ2v) is 15.6. The molecule has 1 saturated heterocycles. The molecule has 4 saturated carbocycles. The van der Waals surface area contributed by atoms with Gasteiger partial charge in [0.25, 0.3) is 0 Å². The molecule has 1 aromatic rings. The second-order valence-electron chi connectivity index (χ2n) is 15.6. The minimum atomic E-state index is -0.0569. The molecule has 0 bridgehead atoms. The number of hydrogen-bond donors (Lipinski definition) is 0. The molecule has 9 atom stereocenters. The van der Waals surface area contributed by atoms with Gasteiger partial charge >= 0.3 is 0 Å². The van der Waals surface area contributed by atoms with Crippen LogP contribution in [0.4, 0.5) is 11.6 Å². The van der Waals surface area contributed by atoms with E-state index in [0.29, 0.717) is 35.3 Å². The molecule has 4 aliphatic carbocycles. The molecule has 5 aliphatic rings. The molecule has 1 aromatic heterocycles. The number of nitrogens with zero attached hydrogens (tertiary/aromatic N) is 4. The molecule has 0 radical (unpaired) electrons. The highest BCUT2D eigenvalue weighted by Crippen LogP contribution is 2.77. The van der Waals surface area contributed by atoms with Crippen LogP contribution in [0.3, 0.4) is 0 Å². The molecular formula is C35H48N4O. The third kappa shape index (κ3) is 3.47. The van der Waals surface area contributed by atoms with Crippen molar-refractivity contribution in [2.75, 3.05) is 11.4 Å². The Morgan fingerprint density at radius 2 is 1.73 bits per heavy atom. The van der Waals surface area contributed by atoms with E-state index in [1.165, 1.54) is 44.1 Å². The van der Waals surface area contributed by atoms with Crippen molar-refractivity contribution in [3.8, 4) is 0 Å². The molecule has 5 heteroatoms. The summed E-state index contributed by atoms with van der Waals surface area (Å²) >= 11 is 0. The fourth-order valence-electron chi connectivity index (χ4n) is 12.1. The molecule has 1 aliphatic heterocycles. The Bertz CT molecular complexity index is 1290. The van der Waals surface area contributed by atoms with Gasteiger partial charge in [0.05, 0.1) is 6.57 Å². The first-order valence-electron chi connectivity index (χ1n) is 15.7. The molecular weight excluding hydrogens is 492 g/mol. The van der Waals surface area contributed by atoms with Crippen molar-refractivity contribution in [1.82, 2.24) is 9.97 Å². The summed E-state index contributed by atoms with van der Waals surface area (Å²) in [6.45, 7) is 27.7. The van der Waals surface area contributed by atoms with Crippen LogP contribution in [0.25, 0.3) is 4.85 Å². The number of piperidine rings is 1. The van der Waals surface area contributed by atoms with E-state index in [2.05, 4.69) is 73.8 Å². The molecule has 0 N–H and O–H groups in total. The highest BCUT2D eigenvalue weighted by molar-refractivity contribution is 5.49. The van der Waals surface area contributed by atoms with Gasteiger partial charge in [0, 0.05) is 36.0 Å². The van der Waals surface area contributed by atoms with E-state index in [4.69, 9.17) is 6.57 Å². The topological polar surface area (TPSA) is 50.5 Å². The van der Waals surface area contributed by atoms with Crippen LogP contribution in [0.2, 0.25) is 0 Å². The van der Waals surface area contributed by atoms with Crippen LogP contribution in [-0.4, -0.2) is 28.0 Å². The van der Waals surface area contributed by atoms with Crippen molar-refractivity contribution in [2.45, 2.75) is 105 Å². The molecule has 0 aromatic carbocycles. The highest BCUT2D eigenvalue weighted by Gasteiger charge is 2.70. The van der Waals surface area contributed by atoms with Crippen molar-refractivity contribution >= 4 is 17.6 Å². The van der Waals surface area contributed by atoms with E-state index in [1.54, 1.807) is 12.4 Å². The van der Waals surface area contributed by atoms with Gasteiger partial charge in [0.15, 0.2) is 0 Å². The molecule has 0 amide bonds.